The number of nitriles is 1. The van der Waals surface area contributed by atoms with Crippen LogP contribution in [0.2, 0.25) is 0 Å². The highest BCUT2D eigenvalue weighted by Gasteiger charge is 2.27. The highest BCUT2D eigenvalue weighted by atomic mass is 32.1. The predicted octanol–water partition coefficient (Wildman–Crippen LogP) is 4.62. The van der Waals surface area contributed by atoms with Crippen LogP contribution < -0.4 is 0 Å². The summed E-state index contributed by atoms with van der Waals surface area (Å²) in [7, 11) is 0. The molecule has 0 aliphatic heterocycles. The first-order valence-corrected chi connectivity index (χ1v) is 8.13. The van der Waals surface area contributed by atoms with Crippen LogP contribution in [0, 0.1) is 11.3 Å². The Morgan fingerprint density at radius 1 is 1.23 bits per heavy atom. The summed E-state index contributed by atoms with van der Waals surface area (Å²) in [6.07, 6.45) is 6.30. The van der Waals surface area contributed by atoms with E-state index in [1.807, 2.05) is 36.7 Å². The summed E-state index contributed by atoms with van der Waals surface area (Å²) in [6.45, 7) is 0. The fourth-order valence-electron chi connectivity index (χ4n) is 2.62. The maximum absolute atomic E-state index is 9.02. The summed E-state index contributed by atoms with van der Waals surface area (Å²) >= 11 is 1.61. The molecule has 0 spiro atoms. The molecule has 0 bridgehead atoms. The second-order valence-corrected chi connectivity index (χ2v) is 6.33. The van der Waals surface area contributed by atoms with Crippen molar-refractivity contribution in [2.24, 2.45) is 0 Å². The molecule has 4 rings (SSSR count). The Bertz CT molecular complexity index is 872. The molecule has 0 N–H and O–H groups in total. The maximum Gasteiger partial charge on any atom is 0.124 e. The van der Waals surface area contributed by atoms with Gasteiger partial charge in [0.1, 0.15) is 5.01 Å². The van der Waals surface area contributed by atoms with E-state index >= 15 is 0 Å². The molecule has 1 fully saturated rings. The molecule has 106 valence electrons. The van der Waals surface area contributed by atoms with E-state index < -0.39 is 0 Å². The first-order chi connectivity index (χ1) is 10.8. The number of aromatic nitrogens is 2. The third kappa shape index (κ3) is 2.40. The Kier molecular flexibility index (Phi) is 3.21. The zero-order chi connectivity index (χ0) is 14.9. The normalized spacial score (nSPS) is 13.8. The summed E-state index contributed by atoms with van der Waals surface area (Å²) in [5.74, 6) is 0.671. The highest BCUT2D eigenvalue weighted by molar-refractivity contribution is 7.13. The van der Waals surface area contributed by atoms with E-state index in [2.05, 4.69) is 22.5 Å². The quantitative estimate of drug-likeness (QED) is 0.709. The summed E-state index contributed by atoms with van der Waals surface area (Å²) in [5, 5.41) is 12.0. The van der Waals surface area contributed by atoms with Gasteiger partial charge in [0.05, 0.1) is 17.3 Å². The Hall–Kier alpha value is -2.51. The molecule has 3 aromatic rings. The van der Waals surface area contributed by atoms with Crippen molar-refractivity contribution in [3.8, 4) is 27.9 Å². The van der Waals surface area contributed by atoms with E-state index in [-0.39, 0.29) is 0 Å². The van der Waals surface area contributed by atoms with Crippen LogP contribution in [-0.4, -0.2) is 9.97 Å². The number of rotatable bonds is 3. The van der Waals surface area contributed by atoms with Crippen molar-refractivity contribution in [2.75, 3.05) is 0 Å². The van der Waals surface area contributed by atoms with E-state index in [0.29, 0.717) is 11.5 Å². The monoisotopic (exact) mass is 303 g/mol. The molecule has 0 atom stereocenters. The van der Waals surface area contributed by atoms with Crippen LogP contribution in [0.1, 0.15) is 29.9 Å². The summed E-state index contributed by atoms with van der Waals surface area (Å²) in [6, 6.07) is 11.9. The van der Waals surface area contributed by atoms with Crippen LogP contribution >= 0.6 is 11.3 Å². The van der Waals surface area contributed by atoms with Gasteiger partial charge >= 0.3 is 0 Å². The zero-order valence-electron chi connectivity index (χ0n) is 11.9. The molecule has 1 aromatic carbocycles. The molecule has 0 saturated heterocycles. The van der Waals surface area contributed by atoms with Crippen LogP contribution in [0.25, 0.3) is 21.8 Å². The predicted molar refractivity (Wildman–Crippen MR) is 87.5 cm³/mol. The Balaban J connectivity index is 1.74. The lowest BCUT2D eigenvalue weighted by molar-refractivity contribution is 1.11. The number of hydrogen-bond acceptors (Lipinski definition) is 4. The minimum atomic E-state index is 0.661. The fraction of sp³-hybridized carbons (Fsp3) is 0.167. The van der Waals surface area contributed by atoms with Crippen molar-refractivity contribution in [3.63, 3.8) is 0 Å². The first kappa shape index (κ1) is 13.2. The van der Waals surface area contributed by atoms with Gasteiger partial charge in [-0.2, -0.15) is 5.26 Å². The van der Waals surface area contributed by atoms with Crippen LogP contribution in [0.4, 0.5) is 0 Å². The molecule has 1 aliphatic carbocycles. The standard InChI is InChI=1S/C18H13N3S/c19-9-12-2-1-3-14(8-12)18-21-17(11-22-18)16-10-20-7-6-15(16)13-4-5-13/h1-3,6-8,10-11,13H,4-5H2. The van der Waals surface area contributed by atoms with E-state index in [4.69, 9.17) is 10.2 Å². The van der Waals surface area contributed by atoms with E-state index in [1.54, 1.807) is 11.3 Å². The van der Waals surface area contributed by atoms with Crippen LogP contribution in [0.3, 0.4) is 0 Å². The molecule has 2 aromatic heterocycles. The number of hydrogen-bond donors (Lipinski definition) is 0. The van der Waals surface area contributed by atoms with Crippen molar-refractivity contribution in [3.05, 3.63) is 59.2 Å². The van der Waals surface area contributed by atoms with E-state index in [1.165, 1.54) is 18.4 Å². The lowest BCUT2D eigenvalue weighted by Gasteiger charge is -2.04. The number of nitrogens with zero attached hydrogens (tertiary/aromatic N) is 3. The number of pyridine rings is 1. The molecular weight excluding hydrogens is 290 g/mol. The van der Waals surface area contributed by atoms with Crippen molar-refractivity contribution < 1.29 is 0 Å². The Morgan fingerprint density at radius 2 is 2.14 bits per heavy atom. The summed E-state index contributed by atoms with van der Waals surface area (Å²) in [5.41, 5.74) is 5.14. The van der Waals surface area contributed by atoms with Gasteiger partial charge in [-0.3, -0.25) is 4.98 Å². The average molecular weight is 303 g/mol. The minimum Gasteiger partial charge on any atom is -0.264 e. The van der Waals surface area contributed by atoms with Gasteiger partial charge in [0.15, 0.2) is 0 Å². The molecule has 1 saturated carbocycles. The average Bonchev–Trinajstić information content (AvgIpc) is 3.31. The van der Waals surface area contributed by atoms with Gasteiger partial charge < -0.3 is 0 Å². The third-order valence-corrected chi connectivity index (χ3v) is 4.78. The van der Waals surface area contributed by atoms with Crippen molar-refractivity contribution in [1.82, 2.24) is 9.97 Å². The van der Waals surface area contributed by atoms with Crippen LogP contribution in [-0.2, 0) is 0 Å². The Labute approximate surface area is 132 Å². The van der Waals surface area contributed by atoms with Crippen LogP contribution in [0.5, 0.6) is 0 Å². The molecule has 1 aliphatic rings. The summed E-state index contributed by atoms with van der Waals surface area (Å²) in [4.78, 5) is 9.03. The molecular formula is C18H13N3S. The zero-order valence-corrected chi connectivity index (χ0v) is 12.7. The first-order valence-electron chi connectivity index (χ1n) is 7.25. The van der Waals surface area contributed by atoms with Gasteiger partial charge in [-0.05, 0) is 42.5 Å². The van der Waals surface area contributed by atoms with E-state index in [9.17, 15) is 0 Å². The second-order valence-electron chi connectivity index (χ2n) is 5.47. The number of thiazole rings is 1. The molecule has 0 radical (unpaired) electrons. The van der Waals surface area contributed by atoms with Gasteiger partial charge in [-0.25, -0.2) is 4.98 Å². The van der Waals surface area contributed by atoms with Gasteiger partial charge in [-0.15, -0.1) is 11.3 Å². The SMILES string of the molecule is N#Cc1cccc(-c2nc(-c3cnccc3C3CC3)cs2)c1. The molecule has 3 nitrogen and oxygen atoms in total. The smallest absolute Gasteiger partial charge is 0.124 e. The molecule has 2 heterocycles. The largest absolute Gasteiger partial charge is 0.264 e. The lowest BCUT2D eigenvalue weighted by atomic mass is 10.0. The minimum absolute atomic E-state index is 0.661. The maximum atomic E-state index is 9.02. The van der Waals surface area contributed by atoms with Gasteiger partial charge in [0.25, 0.3) is 0 Å². The molecule has 4 heteroatoms. The van der Waals surface area contributed by atoms with Crippen LogP contribution in [0.15, 0.2) is 48.1 Å². The van der Waals surface area contributed by atoms with E-state index in [0.717, 1.165) is 21.8 Å². The van der Waals surface area contributed by atoms with Crippen molar-refractivity contribution in [2.45, 2.75) is 18.8 Å². The lowest BCUT2D eigenvalue weighted by Crippen LogP contribution is -1.89. The molecule has 0 unspecified atom stereocenters. The molecule has 22 heavy (non-hydrogen) atoms. The number of benzene rings is 1. The van der Waals surface area contributed by atoms with Crippen molar-refractivity contribution in [1.29, 1.82) is 5.26 Å². The van der Waals surface area contributed by atoms with Gasteiger partial charge in [0.2, 0.25) is 0 Å². The van der Waals surface area contributed by atoms with Gasteiger partial charge in [0, 0.05) is 28.9 Å². The summed E-state index contributed by atoms with van der Waals surface area (Å²) < 4.78 is 0. The third-order valence-electron chi connectivity index (χ3n) is 3.89. The topological polar surface area (TPSA) is 49.6 Å². The van der Waals surface area contributed by atoms with Crippen molar-refractivity contribution >= 4 is 11.3 Å². The second kappa shape index (κ2) is 5.36. The van der Waals surface area contributed by atoms with Gasteiger partial charge in [-0.1, -0.05) is 12.1 Å². The Morgan fingerprint density at radius 3 is 2.95 bits per heavy atom. The highest BCUT2D eigenvalue weighted by Crippen LogP contribution is 2.44. The fourth-order valence-corrected chi connectivity index (χ4v) is 3.44. The molecule has 0 amide bonds.